The predicted molar refractivity (Wildman–Crippen MR) is 112 cm³/mol. The summed E-state index contributed by atoms with van der Waals surface area (Å²) in [6.07, 6.45) is 1.50. The molecule has 1 aromatic rings. The van der Waals surface area contributed by atoms with Crippen LogP contribution in [0.1, 0.15) is 32.6 Å². The molecule has 2 fully saturated rings. The molecular formula is C20H26N2O6S2. The van der Waals surface area contributed by atoms with Gasteiger partial charge in [-0.25, -0.2) is 8.42 Å². The monoisotopic (exact) mass is 454 g/mol. The Morgan fingerprint density at radius 3 is 2.67 bits per heavy atom. The summed E-state index contributed by atoms with van der Waals surface area (Å²) in [4.78, 5) is 27.2. The van der Waals surface area contributed by atoms with E-state index < -0.39 is 20.9 Å². The smallest absolute Gasteiger partial charge is 0.225 e. The van der Waals surface area contributed by atoms with Crippen LogP contribution in [0.15, 0.2) is 28.0 Å². The molecule has 1 atom stereocenters. The van der Waals surface area contributed by atoms with Crippen LogP contribution in [0.3, 0.4) is 0 Å². The molecule has 0 bridgehead atoms. The van der Waals surface area contributed by atoms with E-state index >= 15 is 0 Å². The lowest BCUT2D eigenvalue weighted by Gasteiger charge is -2.37. The average Bonchev–Trinajstić information content (AvgIpc) is 3.08. The lowest BCUT2D eigenvalue weighted by Crippen LogP contribution is -2.48. The van der Waals surface area contributed by atoms with Crippen LogP contribution in [-0.4, -0.2) is 68.2 Å². The fraction of sp³-hybridized carbons (Fsp3) is 0.600. The number of ether oxygens (including phenoxy) is 2. The van der Waals surface area contributed by atoms with Crippen LogP contribution in [-0.2, 0) is 28.9 Å². The number of nitrogens with zero attached hydrogens (tertiary/aromatic N) is 1. The molecule has 10 heteroatoms. The second-order valence-electron chi connectivity index (χ2n) is 7.85. The third kappa shape index (κ3) is 4.37. The van der Waals surface area contributed by atoms with Crippen molar-refractivity contribution in [3.63, 3.8) is 0 Å². The Kier molecular flexibility index (Phi) is 6.11. The minimum Gasteiger partial charge on any atom is -0.347 e. The highest BCUT2D eigenvalue weighted by Crippen LogP contribution is 2.34. The zero-order chi connectivity index (χ0) is 21.4. The van der Waals surface area contributed by atoms with Crippen molar-refractivity contribution in [3.8, 4) is 0 Å². The summed E-state index contributed by atoms with van der Waals surface area (Å²) < 4.78 is 37.5. The fourth-order valence-electron chi connectivity index (χ4n) is 3.98. The summed E-state index contributed by atoms with van der Waals surface area (Å²) in [6.45, 7) is 3.69. The largest absolute Gasteiger partial charge is 0.347 e. The van der Waals surface area contributed by atoms with Crippen LogP contribution in [0.4, 0.5) is 5.69 Å². The zero-order valence-corrected chi connectivity index (χ0v) is 18.5. The van der Waals surface area contributed by atoms with Gasteiger partial charge < -0.3 is 19.7 Å². The number of benzene rings is 1. The maximum atomic E-state index is 13.1. The average molecular weight is 455 g/mol. The van der Waals surface area contributed by atoms with E-state index in [9.17, 15) is 18.0 Å². The van der Waals surface area contributed by atoms with Crippen molar-refractivity contribution in [2.75, 3.05) is 37.4 Å². The molecule has 1 unspecified atom stereocenters. The molecule has 0 aromatic heterocycles. The number of piperidine rings is 1. The number of rotatable bonds is 4. The van der Waals surface area contributed by atoms with E-state index in [0.29, 0.717) is 57.0 Å². The van der Waals surface area contributed by atoms with Crippen molar-refractivity contribution in [2.24, 2.45) is 0 Å². The molecule has 8 nitrogen and oxygen atoms in total. The number of sulfone groups is 1. The van der Waals surface area contributed by atoms with Gasteiger partial charge in [0, 0.05) is 49.4 Å². The van der Waals surface area contributed by atoms with Crippen LogP contribution >= 0.6 is 11.8 Å². The van der Waals surface area contributed by atoms with Crippen molar-refractivity contribution in [1.29, 1.82) is 0 Å². The predicted octanol–water partition coefficient (Wildman–Crippen LogP) is 2.04. The molecule has 2 saturated heterocycles. The minimum absolute atomic E-state index is 0.0881. The number of thioether (sulfide) groups is 1. The van der Waals surface area contributed by atoms with Gasteiger partial charge >= 0.3 is 0 Å². The van der Waals surface area contributed by atoms with E-state index in [1.165, 1.54) is 17.8 Å². The molecule has 30 heavy (non-hydrogen) atoms. The van der Waals surface area contributed by atoms with Gasteiger partial charge in [0.15, 0.2) is 15.6 Å². The number of carbonyl (C=O) groups is 2. The molecule has 0 aliphatic carbocycles. The van der Waals surface area contributed by atoms with Gasteiger partial charge in [0.05, 0.1) is 29.0 Å². The van der Waals surface area contributed by atoms with Gasteiger partial charge in [0.25, 0.3) is 0 Å². The molecule has 2 amide bonds. The lowest BCUT2D eigenvalue weighted by atomic mass is 10.0. The number of fused-ring (bicyclic) bond motifs is 1. The van der Waals surface area contributed by atoms with E-state index in [1.54, 1.807) is 24.0 Å². The first-order chi connectivity index (χ1) is 14.3. The third-order valence-electron chi connectivity index (χ3n) is 5.82. The highest BCUT2D eigenvalue weighted by atomic mass is 32.2. The van der Waals surface area contributed by atoms with Crippen LogP contribution < -0.4 is 5.32 Å². The Hall–Kier alpha value is -1.62. The number of likely N-dealkylation sites (tertiary alicyclic amines) is 1. The van der Waals surface area contributed by atoms with Gasteiger partial charge in [-0.15, -0.1) is 11.8 Å². The van der Waals surface area contributed by atoms with Gasteiger partial charge in [-0.05, 0) is 25.1 Å². The number of anilines is 1. The number of hydrogen-bond donors (Lipinski definition) is 1. The number of carbonyl (C=O) groups excluding carboxylic acids is 2. The second-order valence-corrected chi connectivity index (χ2v) is 11.4. The Labute approximate surface area is 180 Å². The second kappa shape index (κ2) is 8.49. The minimum atomic E-state index is -3.72. The number of hydrogen-bond acceptors (Lipinski definition) is 7. The van der Waals surface area contributed by atoms with Crippen LogP contribution in [0.2, 0.25) is 0 Å². The van der Waals surface area contributed by atoms with Gasteiger partial charge in [-0.1, -0.05) is 0 Å². The van der Waals surface area contributed by atoms with E-state index in [-0.39, 0.29) is 23.1 Å². The molecule has 164 valence electrons. The van der Waals surface area contributed by atoms with E-state index in [4.69, 9.17) is 9.47 Å². The standard InChI is InChI=1S/C20H26N2O6S2/c1-14(12-19(24)22-7-5-20(6-8-22)27-9-10-28-20)30(25,26)15-2-3-17-16(13-15)21-18(23)4-11-29-17/h2-3,13-14H,4-12H2,1H3,(H,21,23). The molecule has 4 rings (SSSR count). The molecule has 3 heterocycles. The maximum Gasteiger partial charge on any atom is 0.225 e. The van der Waals surface area contributed by atoms with E-state index in [0.717, 1.165) is 4.90 Å². The van der Waals surface area contributed by atoms with E-state index in [1.807, 2.05) is 0 Å². The van der Waals surface area contributed by atoms with Crippen LogP contribution in [0.25, 0.3) is 0 Å². The number of nitrogens with one attached hydrogen (secondary N) is 1. The van der Waals surface area contributed by atoms with Gasteiger partial charge in [0.1, 0.15) is 0 Å². The van der Waals surface area contributed by atoms with Gasteiger partial charge in [-0.2, -0.15) is 0 Å². The Balaban J connectivity index is 1.42. The summed E-state index contributed by atoms with van der Waals surface area (Å²) in [5, 5.41) is 1.90. The van der Waals surface area contributed by atoms with Gasteiger partial charge in [-0.3, -0.25) is 9.59 Å². The lowest BCUT2D eigenvalue weighted by molar-refractivity contribution is -0.187. The highest BCUT2D eigenvalue weighted by molar-refractivity contribution is 7.99. The fourth-order valence-corrected chi connectivity index (χ4v) is 6.28. The summed E-state index contributed by atoms with van der Waals surface area (Å²) in [5.74, 6) is -0.225. The Bertz CT molecular complexity index is 933. The molecule has 0 saturated carbocycles. The molecule has 1 spiro atoms. The molecule has 3 aliphatic heterocycles. The van der Waals surface area contributed by atoms with E-state index in [2.05, 4.69) is 5.32 Å². The quantitative estimate of drug-likeness (QED) is 0.743. The van der Waals surface area contributed by atoms with Crippen LogP contribution in [0, 0.1) is 0 Å². The Morgan fingerprint density at radius 2 is 1.97 bits per heavy atom. The van der Waals surface area contributed by atoms with Crippen molar-refractivity contribution < 1.29 is 27.5 Å². The summed E-state index contributed by atoms with van der Waals surface area (Å²) in [6, 6.07) is 4.78. The summed E-state index contributed by atoms with van der Waals surface area (Å²) in [7, 11) is -3.72. The zero-order valence-electron chi connectivity index (χ0n) is 16.9. The van der Waals surface area contributed by atoms with Crippen molar-refractivity contribution in [1.82, 2.24) is 4.90 Å². The maximum absolute atomic E-state index is 13.1. The van der Waals surface area contributed by atoms with Crippen molar-refractivity contribution in [2.45, 2.75) is 53.4 Å². The SMILES string of the molecule is CC(CC(=O)N1CCC2(CC1)OCCO2)S(=O)(=O)c1ccc2c(c1)NC(=O)CCS2. The molecular weight excluding hydrogens is 428 g/mol. The summed E-state index contributed by atoms with van der Waals surface area (Å²) >= 11 is 1.52. The molecule has 1 aromatic carbocycles. The van der Waals surface area contributed by atoms with Crippen molar-refractivity contribution in [3.05, 3.63) is 18.2 Å². The summed E-state index contributed by atoms with van der Waals surface area (Å²) in [5.41, 5.74) is 0.514. The first-order valence-electron chi connectivity index (χ1n) is 10.2. The third-order valence-corrected chi connectivity index (χ3v) is 9.04. The molecule has 0 radical (unpaired) electrons. The highest BCUT2D eigenvalue weighted by Gasteiger charge is 2.41. The normalized spacial score (nSPS) is 22.3. The first-order valence-corrected chi connectivity index (χ1v) is 12.7. The molecule has 3 aliphatic rings. The van der Waals surface area contributed by atoms with Crippen LogP contribution in [0.5, 0.6) is 0 Å². The molecule has 1 N–H and O–H groups in total. The van der Waals surface area contributed by atoms with Gasteiger partial charge in [0.2, 0.25) is 11.8 Å². The van der Waals surface area contributed by atoms with Crippen molar-refractivity contribution >= 4 is 39.1 Å². The Morgan fingerprint density at radius 1 is 1.27 bits per heavy atom. The topological polar surface area (TPSA) is 102 Å². The number of amides is 2. The first kappa shape index (κ1) is 21.6.